The Kier molecular flexibility index (Phi) is 5.78. The molecule has 0 saturated carbocycles. The molecule has 0 fully saturated rings. The minimum atomic E-state index is -0.182. The number of ether oxygens (including phenoxy) is 2. The van der Waals surface area contributed by atoms with Crippen LogP contribution >= 0.6 is 0 Å². The van der Waals surface area contributed by atoms with Crippen LogP contribution in [0.1, 0.15) is 67.2 Å². The molecule has 0 unspecified atom stereocenters. The minimum Gasteiger partial charge on any atom is -0.470 e. The van der Waals surface area contributed by atoms with Gasteiger partial charge in [0, 0.05) is 12.1 Å². The fourth-order valence-electron chi connectivity index (χ4n) is 1.71. The van der Waals surface area contributed by atoms with Gasteiger partial charge in [-0.15, -0.1) is 10.2 Å². The van der Waals surface area contributed by atoms with Gasteiger partial charge in [-0.3, -0.25) is 0 Å². The number of rotatable bonds is 8. The summed E-state index contributed by atoms with van der Waals surface area (Å²) in [5.74, 6) is 1.11. The van der Waals surface area contributed by atoms with Crippen LogP contribution in [0.15, 0.2) is 12.1 Å². The van der Waals surface area contributed by atoms with Crippen LogP contribution in [0.2, 0.25) is 0 Å². The second-order valence-electron chi connectivity index (χ2n) is 5.73. The number of hydrogen-bond donors (Lipinski definition) is 0. The summed E-state index contributed by atoms with van der Waals surface area (Å²) >= 11 is 0. The summed E-state index contributed by atoms with van der Waals surface area (Å²) in [6.45, 7) is 12.6. The topological polar surface area (TPSA) is 44.2 Å². The second-order valence-corrected chi connectivity index (χ2v) is 5.73. The van der Waals surface area contributed by atoms with E-state index in [9.17, 15) is 0 Å². The van der Waals surface area contributed by atoms with Gasteiger partial charge < -0.3 is 9.47 Å². The molecule has 0 saturated heterocycles. The highest BCUT2D eigenvalue weighted by Gasteiger charge is 2.24. The predicted octanol–water partition coefficient (Wildman–Crippen LogP) is 4.39. The van der Waals surface area contributed by atoms with E-state index in [0.717, 1.165) is 25.7 Å². The van der Waals surface area contributed by atoms with Crippen LogP contribution in [0.3, 0.4) is 0 Å². The largest absolute Gasteiger partial charge is 0.470 e. The zero-order valence-electron chi connectivity index (χ0n) is 13.7. The fourth-order valence-corrected chi connectivity index (χ4v) is 1.71. The minimum absolute atomic E-state index is 0.182. The molecule has 4 heteroatoms. The molecule has 0 spiro atoms. The molecule has 20 heavy (non-hydrogen) atoms. The van der Waals surface area contributed by atoms with Gasteiger partial charge in [-0.05, 0) is 39.5 Å². The van der Waals surface area contributed by atoms with Gasteiger partial charge in [0.15, 0.2) is 0 Å². The van der Waals surface area contributed by atoms with Crippen molar-refractivity contribution in [3.05, 3.63) is 12.1 Å². The van der Waals surface area contributed by atoms with Gasteiger partial charge in [0.1, 0.15) is 11.2 Å². The summed E-state index contributed by atoms with van der Waals surface area (Å²) in [7, 11) is 0. The molecule has 1 aromatic heterocycles. The van der Waals surface area contributed by atoms with E-state index < -0.39 is 0 Å². The number of nitrogens with zero attached hydrogens (tertiary/aromatic N) is 2. The highest BCUT2D eigenvalue weighted by molar-refractivity contribution is 5.16. The summed E-state index contributed by atoms with van der Waals surface area (Å²) < 4.78 is 11.8. The first kappa shape index (κ1) is 16.7. The quantitative estimate of drug-likeness (QED) is 0.708. The first-order chi connectivity index (χ1) is 9.40. The van der Waals surface area contributed by atoms with Crippen molar-refractivity contribution in [2.45, 2.75) is 78.4 Å². The van der Waals surface area contributed by atoms with Gasteiger partial charge in [-0.25, -0.2) is 0 Å². The third-order valence-corrected chi connectivity index (χ3v) is 4.31. The average molecular weight is 280 g/mol. The molecule has 0 amide bonds. The maximum Gasteiger partial charge on any atom is 0.234 e. The van der Waals surface area contributed by atoms with Crippen LogP contribution < -0.4 is 9.47 Å². The highest BCUT2D eigenvalue weighted by atomic mass is 16.5. The molecule has 4 nitrogen and oxygen atoms in total. The molecule has 114 valence electrons. The Balaban J connectivity index is 2.74. The smallest absolute Gasteiger partial charge is 0.234 e. The van der Waals surface area contributed by atoms with Crippen molar-refractivity contribution >= 4 is 0 Å². The highest BCUT2D eigenvalue weighted by Crippen LogP contribution is 2.25. The summed E-state index contributed by atoms with van der Waals surface area (Å²) in [5, 5.41) is 8.23. The molecule has 0 aromatic carbocycles. The Hall–Kier alpha value is -1.32. The van der Waals surface area contributed by atoms with Crippen LogP contribution in [-0.2, 0) is 0 Å². The molecule has 0 aliphatic carbocycles. The molecule has 1 heterocycles. The summed E-state index contributed by atoms with van der Waals surface area (Å²) in [4.78, 5) is 0. The van der Waals surface area contributed by atoms with E-state index in [1.807, 2.05) is 12.1 Å². The summed E-state index contributed by atoms with van der Waals surface area (Å²) in [6, 6.07) is 3.66. The van der Waals surface area contributed by atoms with Gasteiger partial charge >= 0.3 is 0 Å². The van der Waals surface area contributed by atoms with E-state index in [2.05, 4.69) is 51.7 Å². The monoisotopic (exact) mass is 280 g/mol. The van der Waals surface area contributed by atoms with Crippen LogP contribution in [0.5, 0.6) is 11.8 Å². The lowest BCUT2D eigenvalue weighted by Gasteiger charge is -2.28. The second kappa shape index (κ2) is 6.91. The summed E-state index contributed by atoms with van der Waals surface area (Å²) in [5.41, 5.74) is -0.364. The molecule has 0 atom stereocenters. The van der Waals surface area contributed by atoms with Gasteiger partial charge in [0.05, 0.1) is 0 Å². The SMILES string of the molecule is CCC(C)(CC)Oc1ccc(OC(C)(CC)CC)nn1. The third-order valence-electron chi connectivity index (χ3n) is 4.31. The Morgan fingerprint density at radius 2 is 1.05 bits per heavy atom. The zero-order chi connectivity index (χ0) is 15.2. The molecule has 1 aromatic rings. The first-order valence-corrected chi connectivity index (χ1v) is 7.62. The van der Waals surface area contributed by atoms with E-state index in [1.54, 1.807) is 0 Å². The maximum atomic E-state index is 5.91. The van der Waals surface area contributed by atoms with Crippen LogP contribution in [0.4, 0.5) is 0 Å². The van der Waals surface area contributed by atoms with Gasteiger partial charge in [0.25, 0.3) is 0 Å². The molecule has 0 aliphatic heterocycles. The molecule has 0 radical (unpaired) electrons. The van der Waals surface area contributed by atoms with Crippen LogP contribution in [0.25, 0.3) is 0 Å². The van der Waals surface area contributed by atoms with Crippen molar-refractivity contribution < 1.29 is 9.47 Å². The van der Waals surface area contributed by atoms with E-state index in [-0.39, 0.29) is 11.2 Å². The van der Waals surface area contributed by atoms with Gasteiger partial charge in [-0.2, -0.15) is 0 Å². The van der Waals surface area contributed by atoms with Gasteiger partial charge in [0.2, 0.25) is 11.8 Å². The Bertz CT molecular complexity index is 356. The standard InChI is InChI=1S/C16H28N2O2/c1-7-15(5,8-2)19-13-11-12-14(18-17-13)20-16(6,9-3)10-4/h11-12H,7-10H2,1-6H3. The number of hydrogen-bond acceptors (Lipinski definition) is 4. The van der Waals surface area contributed by atoms with Crippen molar-refractivity contribution in [1.29, 1.82) is 0 Å². The average Bonchev–Trinajstić information content (AvgIpc) is 2.49. The van der Waals surface area contributed by atoms with E-state index in [1.165, 1.54) is 0 Å². The van der Waals surface area contributed by atoms with Gasteiger partial charge in [-0.1, -0.05) is 27.7 Å². The summed E-state index contributed by atoms with van der Waals surface area (Å²) in [6.07, 6.45) is 3.75. The van der Waals surface area contributed by atoms with Crippen molar-refractivity contribution in [2.75, 3.05) is 0 Å². The number of aromatic nitrogens is 2. The lowest BCUT2D eigenvalue weighted by molar-refractivity contribution is 0.0649. The maximum absolute atomic E-state index is 5.91. The fraction of sp³-hybridized carbons (Fsp3) is 0.750. The molecule has 0 aliphatic rings. The molecule has 0 bridgehead atoms. The lowest BCUT2D eigenvalue weighted by atomic mass is 10.0. The molecular formula is C16H28N2O2. The lowest BCUT2D eigenvalue weighted by Crippen LogP contribution is -2.32. The Morgan fingerprint density at radius 1 is 0.750 bits per heavy atom. The first-order valence-electron chi connectivity index (χ1n) is 7.62. The predicted molar refractivity (Wildman–Crippen MR) is 81.3 cm³/mol. The normalized spacial score (nSPS) is 12.3. The van der Waals surface area contributed by atoms with Crippen molar-refractivity contribution in [1.82, 2.24) is 10.2 Å². The van der Waals surface area contributed by atoms with Crippen molar-refractivity contribution in [2.24, 2.45) is 0 Å². The van der Waals surface area contributed by atoms with E-state index in [0.29, 0.717) is 11.8 Å². The molecule has 0 N–H and O–H groups in total. The molecule has 1 rings (SSSR count). The Morgan fingerprint density at radius 3 is 1.25 bits per heavy atom. The van der Waals surface area contributed by atoms with E-state index in [4.69, 9.17) is 9.47 Å². The van der Waals surface area contributed by atoms with E-state index >= 15 is 0 Å². The van der Waals surface area contributed by atoms with Crippen LogP contribution in [0, 0.1) is 0 Å². The van der Waals surface area contributed by atoms with Crippen molar-refractivity contribution in [3.8, 4) is 11.8 Å². The third kappa shape index (κ3) is 4.36. The van der Waals surface area contributed by atoms with Crippen molar-refractivity contribution in [3.63, 3.8) is 0 Å². The zero-order valence-corrected chi connectivity index (χ0v) is 13.7. The molecular weight excluding hydrogens is 252 g/mol. The Labute approximate surface area is 122 Å². The van der Waals surface area contributed by atoms with Crippen LogP contribution in [-0.4, -0.2) is 21.4 Å².